The molecule has 2 N–H and O–H groups in total. The van der Waals surface area contributed by atoms with Gasteiger partial charge in [-0.15, -0.1) is 11.3 Å². The Morgan fingerprint density at radius 2 is 2.00 bits per heavy atom. The molecule has 0 amide bonds. The van der Waals surface area contributed by atoms with Crippen molar-refractivity contribution < 1.29 is 4.74 Å². The molecule has 0 aliphatic heterocycles. The van der Waals surface area contributed by atoms with Gasteiger partial charge in [-0.1, -0.05) is 29.3 Å². The Bertz CT molecular complexity index is 527. The molecule has 0 aliphatic carbocycles. The number of hydrogen-bond acceptors (Lipinski definition) is 3. The summed E-state index contributed by atoms with van der Waals surface area (Å²) in [6.45, 7) is 0. The van der Waals surface area contributed by atoms with Crippen molar-refractivity contribution in [1.82, 2.24) is 0 Å². The first-order valence-electron chi connectivity index (χ1n) is 4.95. The minimum Gasteiger partial charge on any atom is -0.495 e. The summed E-state index contributed by atoms with van der Waals surface area (Å²) in [7, 11) is 1.58. The molecule has 2 rings (SSSR count). The van der Waals surface area contributed by atoms with Gasteiger partial charge in [0, 0.05) is 4.88 Å². The van der Waals surface area contributed by atoms with E-state index in [9.17, 15) is 0 Å². The smallest absolute Gasteiger partial charge is 0.137 e. The van der Waals surface area contributed by atoms with Gasteiger partial charge in [-0.3, -0.25) is 0 Å². The highest BCUT2D eigenvalue weighted by Crippen LogP contribution is 2.34. The Balaban J connectivity index is 2.35. The van der Waals surface area contributed by atoms with Gasteiger partial charge in [0.2, 0.25) is 0 Å². The second-order valence-electron chi connectivity index (χ2n) is 3.50. The van der Waals surface area contributed by atoms with Gasteiger partial charge in [0.25, 0.3) is 0 Å². The van der Waals surface area contributed by atoms with E-state index in [-0.39, 0.29) is 6.04 Å². The zero-order valence-corrected chi connectivity index (χ0v) is 11.4. The molecule has 0 bridgehead atoms. The first-order chi connectivity index (χ1) is 8.13. The second-order valence-corrected chi connectivity index (χ2v) is 5.27. The summed E-state index contributed by atoms with van der Waals surface area (Å²) in [5.41, 5.74) is 7.07. The number of nitrogens with two attached hydrogens (primary N) is 1. The minimum atomic E-state index is -0.258. The van der Waals surface area contributed by atoms with Crippen LogP contribution in [0.25, 0.3) is 0 Å². The van der Waals surface area contributed by atoms with E-state index in [2.05, 4.69) is 0 Å². The summed E-state index contributed by atoms with van der Waals surface area (Å²) in [6, 6.07) is 7.09. The molecule has 1 aromatic heterocycles. The van der Waals surface area contributed by atoms with Crippen LogP contribution in [-0.2, 0) is 0 Å². The summed E-state index contributed by atoms with van der Waals surface area (Å²) in [6.07, 6.45) is 0. The average molecular weight is 288 g/mol. The van der Waals surface area contributed by atoms with E-state index in [0.717, 1.165) is 10.4 Å². The molecule has 0 spiro atoms. The van der Waals surface area contributed by atoms with Gasteiger partial charge in [0.1, 0.15) is 5.75 Å². The maximum absolute atomic E-state index is 6.15. The van der Waals surface area contributed by atoms with Gasteiger partial charge >= 0.3 is 0 Å². The van der Waals surface area contributed by atoms with Crippen LogP contribution in [0.3, 0.4) is 0 Å². The van der Waals surface area contributed by atoms with E-state index in [0.29, 0.717) is 15.8 Å². The van der Waals surface area contributed by atoms with Crippen molar-refractivity contribution in [2.75, 3.05) is 7.11 Å². The quantitative estimate of drug-likeness (QED) is 0.922. The van der Waals surface area contributed by atoms with Crippen LogP contribution in [0.1, 0.15) is 16.5 Å². The van der Waals surface area contributed by atoms with Crippen LogP contribution < -0.4 is 10.5 Å². The highest BCUT2D eigenvalue weighted by Gasteiger charge is 2.15. The van der Waals surface area contributed by atoms with Gasteiger partial charge in [-0.05, 0) is 29.1 Å². The van der Waals surface area contributed by atoms with E-state index in [1.807, 2.05) is 17.5 Å². The number of halogens is 2. The Labute approximate surface area is 114 Å². The van der Waals surface area contributed by atoms with Crippen LogP contribution in [0, 0.1) is 0 Å². The SMILES string of the molecule is COc1ccc(C(N)c2sccc2Cl)cc1Cl. The maximum Gasteiger partial charge on any atom is 0.137 e. The van der Waals surface area contributed by atoms with Gasteiger partial charge in [0.05, 0.1) is 23.2 Å². The molecule has 2 nitrogen and oxygen atoms in total. The third kappa shape index (κ3) is 2.58. The first-order valence-corrected chi connectivity index (χ1v) is 6.59. The summed E-state index contributed by atoms with van der Waals surface area (Å²) in [5.74, 6) is 0.639. The van der Waals surface area contributed by atoms with Crippen molar-refractivity contribution in [2.24, 2.45) is 5.73 Å². The first kappa shape index (κ1) is 12.7. The molecule has 0 radical (unpaired) electrons. The monoisotopic (exact) mass is 287 g/mol. The molecule has 0 saturated heterocycles. The van der Waals surface area contributed by atoms with E-state index in [1.54, 1.807) is 19.2 Å². The number of hydrogen-bond donors (Lipinski definition) is 1. The predicted octanol–water partition coefficient (Wildman–Crippen LogP) is 4.11. The van der Waals surface area contributed by atoms with Crippen molar-refractivity contribution in [3.8, 4) is 5.75 Å². The van der Waals surface area contributed by atoms with Crippen LogP contribution in [0.2, 0.25) is 10.0 Å². The van der Waals surface area contributed by atoms with Gasteiger partial charge in [-0.25, -0.2) is 0 Å². The Kier molecular flexibility index (Phi) is 3.94. The van der Waals surface area contributed by atoms with E-state index in [4.69, 9.17) is 33.7 Å². The molecule has 5 heteroatoms. The molecular weight excluding hydrogens is 277 g/mol. The molecule has 90 valence electrons. The van der Waals surface area contributed by atoms with Crippen molar-refractivity contribution in [3.63, 3.8) is 0 Å². The normalized spacial score (nSPS) is 12.5. The number of ether oxygens (including phenoxy) is 1. The second kappa shape index (κ2) is 5.27. The van der Waals surface area contributed by atoms with Crippen molar-refractivity contribution in [2.45, 2.75) is 6.04 Å². The lowest BCUT2D eigenvalue weighted by atomic mass is 10.1. The fraction of sp³-hybridized carbons (Fsp3) is 0.167. The molecule has 0 saturated carbocycles. The Morgan fingerprint density at radius 3 is 2.53 bits per heavy atom. The number of benzene rings is 1. The van der Waals surface area contributed by atoms with Crippen molar-refractivity contribution >= 4 is 34.5 Å². The van der Waals surface area contributed by atoms with Crippen LogP contribution in [0.4, 0.5) is 0 Å². The highest BCUT2D eigenvalue weighted by molar-refractivity contribution is 7.10. The Morgan fingerprint density at radius 1 is 1.24 bits per heavy atom. The molecular formula is C12H11Cl2NOS. The predicted molar refractivity (Wildman–Crippen MR) is 73.4 cm³/mol. The zero-order valence-electron chi connectivity index (χ0n) is 9.11. The maximum atomic E-state index is 6.15. The molecule has 0 aliphatic rings. The largest absolute Gasteiger partial charge is 0.495 e. The van der Waals surface area contributed by atoms with Crippen molar-refractivity contribution in [3.05, 3.63) is 50.1 Å². The van der Waals surface area contributed by atoms with Gasteiger partial charge in [0.15, 0.2) is 0 Å². The lowest BCUT2D eigenvalue weighted by Crippen LogP contribution is -2.10. The van der Waals surface area contributed by atoms with E-state index >= 15 is 0 Å². The summed E-state index contributed by atoms with van der Waals surface area (Å²) < 4.78 is 5.10. The summed E-state index contributed by atoms with van der Waals surface area (Å²) in [4.78, 5) is 0.938. The third-order valence-electron chi connectivity index (χ3n) is 2.46. The van der Waals surface area contributed by atoms with Crippen LogP contribution in [0.15, 0.2) is 29.6 Å². The lowest BCUT2D eigenvalue weighted by molar-refractivity contribution is 0.415. The molecule has 1 unspecified atom stereocenters. The molecule has 2 aromatic rings. The third-order valence-corrected chi connectivity index (χ3v) is 4.20. The molecule has 1 heterocycles. The van der Waals surface area contributed by atoms with E-state index in [1.165, 1.54) is 11.3 Å². The Hall–Kier alpha value is -0.740. The van der Waals surface area contributed by atoms with E-state index < -0.39 is 0 Å². The van der Waals surface area contributed by atoms with Gasteiger partial charge < -0.3 is 10.5 Å². The number of methoxy groups -OCH3 is 1. The van der Waals surface area contributed by atoms with Crippen LogP contribution >= 0.6 is 34.5 Å². The lowest BCUT2D eigenvalue weighted by Gasteiger charge is -2.12. The standard InChI is InChI=1S/C12H11Cl2NOS/c1-16-10-3-2-7(6-9(10)14)11(15)12-8(13)4-5-17-12/h2-6,11H,15H2,1H3. The van der Waals surface area contributed by atoms with Crippen molar-refractivity contribution in [1.29, 1.82) is 0 Å². The number of thiophene rings is 1. The summed E-state index contributed by atoms with van der Waals surface area (Å²) in [5, 5.41) is 3.16. The fourth-order valence-corrected chi connectivity index (χ4v) is 3.02. The fourth-order valence-electron chi connectivity index (χ4n) is 1.55. The molecule has 1 atom stereocenters. The summed E-state index contributed by atoms with van der Waals surface area (Å²) >= 11 is 13.7. The zero-order chi connectivity index (χ0) is 12.4. The van der Waals surface area contributed by atoms with Crippen LogP contribution in [-0.4, -0.2) is 7.11 Å². The molecule has 0 fully saturated rings. The topological polar surface area (TPSA) is 35.2 Å². The average Bonchev–Trinajstić information content (AvgIpc) is 2.74. The highest BCUT2D eigenvalue weighted by atomic mass is 35.5. The molecule has 17 heavy (non-hydrogen) atoms. The minimum absolute atomic E-state index is 0.258. The van der Waals surface area contributed by atoms with Gasteiger partial charge in [-0.2, -0.15) is 0 Å². The number of rotatable bonds is 3. The molecule has 1 aromatic carbocycles. The van der Waals surface area contributed by atoms with Crippen LogP contribution in [0.5, 0.6) is 5.75 Å².